The molecular formula is C13H22N2O2S. The van der Waals surface area contributed by atoms with Crippen LogP contribution < -0.4 is 5.73 Å². The monoisotopic (exact) mass is 270 g/mol. The number of hydrogen-bond acceptors (Lipinski definition) is 3. The Labute approximate surface area is 110 Å². The van der Waals surface area contributed by atoms with Crippen molar-refractivity contribution in [1.82, 2.24) is 4.31 Å². The Hall–Kier alpha value is -1.07. The summed E-state index contributed by atoms with van der Waals surface area (Å²) in [5.41, 5.74) is 7.11. The van der Waals surface area contributed by atoms with Crippen LogP contribution >= 0.6 is 0 Å². The smallest absolute Gasteiger partial charge is 0.243 e. The van der Waals surface area contributed by atoms with Gasteiger partial charge in [-0.25, -0.2) is 8.42 Å². The Bertz CT molecular complexity index is 508. The van der Waals surface area contributed by atoms with Gasteiger partial charge in [0, 0.05) is 18.8 Å². The molecule has 0 amide bonds. The Kier molecular flexibility index (Phi) is 4.76. The van der Waals surface area contributed by atoms with E-state index in [2.05, 4.69) is 0 Å². The maximum absolute atomic E-state index is 12.4. The first-order valence-electron chi connectivity index (χ1n) is 6.18. The summed E-state index contributed by atoms with van der Waals surface area (Å²) in [6, 6.07) is 4.87. The summed E-state index contributed by atoms with van der Waals surface area (Å²) < 4.78 is 26.3. The second kappa shape index (κ2) is 5.71. The van der Waals surface area contributed by atoms with Gasteiger partial charge in [-0.1, -0.05) is 13.8 Å². The average Bonchev–Trinajstić information content (AvgIpc) is 2.33. The molecule has 0 saturated carbocycles. The number of nitrogen functional groups attached to an aromatic ring is 1. The lowest BCUT2D eigenvalue weighted by atomic mass is 10.2. The highest BCUT2D eigenvalue weighted by Crippen LogP contribution is 2.22. The molecule has 0 radical (unpaired) electrons. The van der Waals surface area contributed by atoms with Crippen molar-refractivity contribution in [3.63, 3.8) is 0 Å². The molecule has 0 spiro atoms. The standard InChI is InChI=1S/C13H22N2O2S/c1-5-11(6-2)15(4)18(16,17)12-7-8-13(14)10(3)9-12/h7-9,11H,5-6,14H2,1-4H3. The van der Waals surface area contributed by atoms with Crippen LogP contribution in [0.2, 0.25) is 0 Å². The number of anilines is 1. The van der Waals surface area contributed by atoms with E-state index in [0.717, 1.165) is 18.4 Å². The van der Waals surface area contributed by atoms with E-state index in [1.54, 1.807) is 25.2 Å². The minimum absolute atomic E-state index is 0.0351. The molecule has 0 fully saturated rings. The van der Waals surface area contributed by atoms with Crippen molar-refractivity contribution >= 4 is 15.7 Å². The summed E-state index contributed by atoms with van der Waals surface area (Å²) >= 11 is 0. The Morgan fingerprint density at radius 1 is 1.28 bits per heavy atom. The van der Waals surface area contributed by atoms with E-state index in [-0.39, 0.29) is 6.04 Å². The summed E-state index contributed by atoms with van der Waals surface area (Å²) in [4.78, 5) is 0.309. The minimum Gasteiger partial charge on any atom is -0.399 e. The maximum Gasteiger partial charge on any atom is 0.243 e. The maximum atomic E-state index is 12.4. The van der Waals surface area contributed by atoms with E-state index < -0.39 is 10.0 Å². The predicted molar refractivity (Wildman–Crippen MR) is 74.9 cm³/mol. The highest BCUT2D eigenvalue weighted by atomic mass is 32.2. The van der Waals surface area contributed by atoms with Gasteiger partial charge < -0.3 is 5.73 Å². The highest BCUT2D eigenvalue weighted by molar-refractivity contribution is 7.89. The molecule has 1 aromatic rings. The summed E-state index contributed by atoms with van der Waals surface area (Å²) in [6.45, 7) is 5.80. The van der Waals surface area contributed by atoms with Gasteiger partial charge in [0.05, 0.1) is 4.90 Å². The fraction of sp³-hybridized carbons (Fsp3) is 0.538. The highest BCUT2D eigenvalue weighted by Gasteiger charge is 2.26. The van der Waals surface area contributed by atoms with E-state index in [1.807, 2.05) is 20.8 Å². The Morgan fingerprint density at radius 3 is 2.28 bits per heavy atom. The molecule has 0 atom stereocenters. The lowest BCUT2D eigenvalue weighted by molar-refractivity contribution is 0.349. The molecular weight excluding hydrogens is 248 g/mol. The third-order valence-electron chi connectivity index (χ3n) is 3.37. The minimum atomic E-state index is -3.42. The number of aryl methyl sites for hydroxylation is 1. The van der Waals surface area contributed by atoms with Crippen molar-refractivity contribution in [3.05, 3.63) is 23.8 Å². The third kappa shape index (κ3) is 2.84. The van der Waals surface area contributed by atoms with Crippen LogP contribution in [0.5, 0.6) is 0 Å². The predicted octanol–water partition coefficient (Wildman–Crippen LogP) is 2.39. The molecule has 0 unspecified atom stereocenters. The molecule has 0 aliphatic rings. The molecule has 0 aliphatic heterocycles. The molecule has 1 rings (SSSR count). The molecule has 102 valence electrons. The number of nitrogens with two attached hydrogens (primary N) is 1. The molecule has 4 nitrogen and oxygen atoms in total. The summed E-state index contributed by atoms with van der Waals surface area (Å²) in [5.74, 6) is 0. The normalized spacial score (nSPS) is 12.3. The average molecular weight is 270 g/mol. The quantitative estimate of drug-likeness (QED) is 0.836. The second-order valence-electron chi connectivity index (χ2n) is 4.51. The molecule has 0 heterocycles. The second-order valence-corrected chi connectivity index (χ2v) is 6.51. The van der Waals surface area contributed by atoms with Gasteiger partial charge >= 0.3 is 0 Å². The van der Waals surface area contributed by atoms with E-state index in [9.17, 15) is 8.42 Å². The first-order chi connectivity index (χ1) is 8.34. The van der Waals surface area contributed by atoms with E-state index in [0.29, 0.717) is 10.6 Å². The molecule has 0 aliphatic carbocycles. The molecule has 18 heavy (non-hydrogen) atoms. The number of sulfonamides is 1. The van der Waals surface area contributed by atoms with Gasteiger partial charge in [-0.3, -0.25) is 0 Å². The topological polar surface area (TPSA) is 63.4 Å². The molecule has 5 heteroatoms. The van der Waals surface area contributed by atoms with Crippen LogP contribution in [0, 0.1) is 6.92 Å². The molecule has 0 bridgehead atoms. The lowest BCUT2D eigenvalue weighted by Gasteiger charge is -2.25. The van der Waals surface area contributed by atoms with Crippen molar-refractivity contribution in [2.45, 2.75) is 44.6 Å². The summed E-state index contributed by atoms with van der Waals surface area (Å²) in [7, 11) is -1.79. The van der Waals surface area contributed by atoms with Crippen LogP contribution in [-0.2, 0) is 10.0 Å². The zero-order valence-electron chi connectivity index (χ0n) is 11.5. The van der Waals surface area contributed by atoms with Gasteiger partial charge in [-0.05, 0) is 43.5 Å². The van der Waals surface area contributed by atoms with Crippen molar-refractivity contribution < 1.29 is 8.42 Å². The largest absolute Gasteiger partial charge is 0.399 e. The fourth-order valence-electron chi connectivity index (χ4n) is 1.97. The SMILES string of the molecule is CCC(CC)N(C)S(=O)(=O)c1ccc(N)c(C)c1. The molecule has 0 saturated heterocycles. The van der Waals surface area contributed by atoms with Gasteiger partial charge in [0.15, 0.2) is 0 Å². The number of nitrogens with zero attached hydrogens (tertiary/aromatic N) is 1. The Morgan fingerprint density at radius 2 is 1.83 bits per heavy atom. The van der Waals surface area contributed by atoms with Crippen LogP contribution in [0.1, 0.15) is 32.3 Å². The first kappa shape index (κ1) is 15.0. The Balaban J connectivity index is 3.16. The summed E-state index contributed by atoms with van der Waals surface area (Å²) in [6.07, 6.45) is 1.61. The number of hydrogen-bond donors (Lipinski definition) is 1. The zero-order valence-corrected chi connectivity index (χ0v) is 12.3. The van der Waals surface area contributed by atoms with E-state index in [4.69, 9.17) is 5.73 Å². The van der Waals surface area contributed by atoms with Gasteiger partial charge in [0.25, 0.3) is 0 Å². The number of benzene rings is 1. The van der Waals surface area contributed by atoms with Crippen molar-refractivity contribution in [2.75, 3.05) is 12.8 Å². The van der Waals surface area contributed by atoms with Crippen LogP contribution in [0.15, 0.2) is 23.1 Å². The first-order valence-corrected chi connectivity index (χ1v) is 7.62. The van der Waals surface area contributed by atoms with Crippen LogP contribution in [-0.4, -0.2) is 25.8 Å². The molecule has 0 aromatic heterocycles. The molecule has 1 aromatic carbocycles. The van der Waals surface area contributed by atoms with Crippen molar-refractivity contribution in [1.29, 1.82) is 0 Å². The lowest BCUT2D eigenvalue weighted by Crippen LogP contribution is -2.36. The van der Waals surface area contributed by atoms with Gasteiger partial charge in [0.1, 0.15) is 0 Å². The van der Waals surface area contributed by atoms with Crippen LogP contribution in [0.3, 0.4) is 0 Å². The van der Waals surface area contributed by atoms with Crippen LogP contribution in [0.25, 0.3) is 0 Å². The van der Waals surface area contributed by atoms with Crippen molar-refractivity contribution in [3.8, 4) is 0 Å². The zero-order chi connectivity index (χ0) is 13.9. The van der Waals surface area contributed by atoms with E-state index >= 15 is 0 Å². The van der Waals surface area contributed by atoms with Gasteiger partial charge in [-0.15, -0.1) is 0 Å². The van der Waals surface area contributed by atoms with Gasteiger partial charge in [0.2, 0.25) is 10.0 Å². The van der Waals surface area contributed by atoms with Crippen LogP contribution in [0.4, 0.5) is 5.69 Å². The van der Waals surface area contributed by atoms with Crippen molar-refractivity contribution in [2.24, 2.45) is 0 Å². The molecule has 2 N–H and O–H groups in total. The van der Waals surface area contributed by atoms with Gasteiger partial charge in [-0.2, -0.15) is 4.31 Å². The fourth-order valence-corrected chi connectivity index (χ4v) is 3.56. The third-order valence-corrected chi connectivity index (χ3v) is 5.28. The summed E-state index contributed by atoms with van der Waals surface area (Å²) in [5, 5.41) is 0. The van der Waals surface area contributed by atoms with E-state index in [1.165, 1.54) is 4.31 Å². The number of rotatable bonds is 5.